The molecule has 1 aromatic carbocycles. The number of allylic oxidation sites excluding steroid dienone is 5. The first-order chi connectivity index (χ1) is 9.09. The number of nitrogens with two attached hydrogens (primary N) is 1. The molecule has 0 unspecified atom stereocenters. The van der Waals surface area contributed by atoms with Gasteiger partial charge in [-0.05, 0) is 38.3 Å². The number of nitrogens with zero attached hydrogens (tertiary/aromatic N) is 1. The highest BCUT2D eigenvalue weighted by molar-refractivity contribution is 6.03. The molecule has 0 heterocycles. The number of para-hydroxylation sites is 1. The normalized spacial score (nSPS) is 15.8. The van der Waals surface area contributed by atoms with Crippen LogP contribution >= 0.6 is 0 Å². The third kappa shape index (κ3) is 3.02. The Morgan fingerprint density at radius 2 is 2.00 bits per heavy atom. The summed E-state index contributed by atoms with van der Waals surface area (Å²) in [5.41, 5.74) is 12.1. The molecule has 1 aromatic rings. The highest BCUT2D eigenvalue weighted by Gasteiger charge is 2.09. The van der Waals surface area contributed by atoms with Crippen molar-refractivity contribution in [3.05, 3.63) is 59.8 Å². The molecule has 0 saturated heterocycles. The molecule has 2 N–H and O–H groups in total. The molecule has 0 fully saturated rings. The fourth-order valence-electron chi connectivity index (χ4n) is 2.21. The molecule has 1 aliphatic carbocycles. The summed E-state index contributed by atoms with van der Waals surface area (Å²) >= 11 is 0. The van der Waals surface area contributed by atoms with Gasteiger partial charge in [0.25, 0.3) is 0 Å². The van der Waals surface area contributed by atoms with Crippen LogP contribution < -0.4 is 5.73 Å². The van der Waals surface area contributed by atoms with Crippen molar-refractivity contribution in [1.29, 1.82) is 0 Å². The molecule has 0 radical (unpaired) electrons. The minimum Gasteiger partial charge on any atom is -0.401 e. The van der Waals surface area contributed by atoms with Gasteiger partial charge in [-0.1, -0.05) is 36.9 Å². The van der Waals surface area contributed by atoms with Crippen molar-refractivity contribution >= 4 is 17.0 Å². The molecule has 0 aromatic heterocycles. The summed E-state index contributed by atoms with van der Waals surface area (Å²) in [7, 11) is 0. The third-order valence-electron chi connectivity index (χ3n) is 3.25. The Bertz CT molecular complexity index is 589. The van der Waals surface area contributed by atoms with Crippen LogP contribution in [0.4, 0.5) is 5.69 Å². The monoisotopic (exact) mass is 252 g/mol. The summed E-state index contributed by atoms with van der Waals surface area (Å²) in [5.74, 6) is 0. The molecule has 98 valence electrons. The Balaban J connectivity index is 2.42. The van der Waals surface area contributed by atoms with E-state index >= 15 is 0 Å². The molecule has 1 aliphatic rings. The number of hydrogen-bond acceptors (Lipinski definition) is 2. The van der Waals surface area contributed by atoms with Gasteiger partial charge < -0.3 is 5.73 Å². The van der Waals surface area contributed by atoms with Gasteiger partial charge in [0.15, 0.2) is 0 Å². The van der Waals surface area contributed by atoms with Crippen LogP contribution in [0.1, 0.15) is 32.3 Å². The SMILES string of the molecule is C=C(C)c1ccccc1N=C(C)C1=C(N)CCC=C1. The molecule has 2 nitrogen and oxygen atoms in total. The fraction of sp³-hybridized carbons (Fsp3) is 0.235. The van der Waals surface area contributed by atoms with Crippen LogP contribution in [0.3, 0.4) is 0 Å². The number of benzene rings is 1. The lowest BCUT2D eigenvalue weighted by Gasteiger charge is -2.13. The van der Waals surface area contributed by atoms with Crippen LogP contribution in [0.5, 0.6) is 0 Å². The lowest BCUT2D eigenvalue weighted by molar-refractivity contribution is 0.934. The van der Waals surface area contributed by atoms with Crippen LogP contribution in [-0.4, -0.2) is 5.71 Å². The largest absolute Gasteiger partial charge is 0.401 e. The molecule has 0 aliphatic heterocycles. The number of rotatable bonds is 3. The van der Waals surface area contributed by atoms with E-state index in [1.807, 2.05) is 38.1 Å². The molecule has 2 heteroatoms. The maximum atomic E-state index is 6.06. The van der Waals surface area contributed by atoms with E-state index < -0.39 is 0 Å². The second kappa shape index (κ2) is 5.70. The lowest BCUT2D eigenvalue weighted by atomic mass is 10.00. The quantitative estimate of drug-likeness (QED) is 0.797. The van der Waals surface area contributed by atoms with Gasteiger partial charge in [-0.2, -0.15) is 0 Å². The molecular weight excluding hydrogens is 232 g/mol. The lowest BCUT2D eigenvalue weighted by Crippen LogP contribution is -2.09. The van der Waals surface area contributed by atoms with Gasteiger partial charge in [0.1, 0.15) is 0 Å². The van der Waals surface area contributed by atoms with Crippen LogP contribution in [0.2, 0.25) is 0 Å². The second-order valence-corrected chi connectivity index (χ2v) is 4.87. The van der Waals surface area contributed by atoms with E-state index in [1.165, 1.54) is 0 Å². The Morgan fingerprint density at radius 1 is 1.26 bits per heavy atom. The second-order valence-electron chi connectivity index (χ2n) is 4.87. The van der Waals surface area contributed by atoms with E-state index in [1.54, 1.807) is 0 Å². The highest BCUT2D eigenvalue weighted by atomic mass is 14.8. The zero-order chi connectivity index (χ0) is 13.8. The molecule has 2 rings (SSSR count). The molecule has 0 saturated carbocycles. The smallest absolute Gasteiger partial charge is 0.0707 e. The summed E-state index contributed by atoms with van der Waals surface area (Å²) in [6.07, 6.45) is 6.15. The predicted molar refractivity (Wildman–Crippen MR) is 83.5 cm³/mol. The zero-order valence-electron chi connectivity index (χ0n) is 11.6. The number of aliphatic imine (C=N–C) groups is 1. The first-order valence-electron chi connectivity index (χ1n) is 6.55. The van der Waals surface area contributed by atoms with Gasteiger partial charge in [-0.15, -0.1) is 0 Å². The molecule has 0 bridgehead atoms. The molecule has 19 heavy (non-hydrogen) atoms. The Kier molecular flexibility index (Phi) is 4.00. The summed E-state index contributed by atoms with van der Waals surface area (Å²) in [6, 6.07) is 8.05. The van der Waals surface area contributed by atoms with Gasteiger partial charge in [0.05, 0.1) is 5.69 Å². The van der Waals surface area contributed by atoms with Crippen molar-refractivity contribution in [3.8, 4) is 0 Å². The van der Waals surface area contributed by atoms with Crippen LogP contribution in [-0.2, 0) is 0 Å². The first kappa shape index (κ1) is 13.3. The zero-order valence-corrected chi connectivity index (χ0v) is 11.6. The van der Waals surface area contributed by atoms with Gasteiger partial charge in [0, 0.05) is 22.5 Å². The topological polar surface area (TPSA) is 38.4 Å². The maximum Gasteiger partial charge on any atom is 0.0707 e. The Hall–Kier alpha value is -2.09. The van der Waals surface area contributed by atoms with Gasteiger partial charge in [-0.3, -0.25) is 4.99 Å². The van der Waals surface area contributed by atoms with Crippen molar-refractivity contribution < 1.29 is 0 Å². The van der Waals surface area contributed by atoms with Crippen molar-refractivity contribution in [3.63, 3.8) is 0 Å². The van der Waals surface area contributed by atoms with E-state index in [2.05, 4.69) is 18.7 Å². The van der Waals surface area contributed by atoms with E-state index in [0.29, 0.717) is 0 Å². The average molecular weight is 252 g/mol. The minimum atomic E-state index is 0.917. The van der Waals surface area contributed by atoms with Gasteiger partial charge in [-0.25, -0.2) is 0 Å². The molecular formula is C17H20N2. The number of hydrogen-bond donors (Lipinski definition) is 1. The summed E-state index contributed by atoms with van der Waals surface area (Å²) in [5, 5.41) is 0. The van der Waals surface area contributed by atoms with Gasteiger partial charge in [0.2, 0.25) is 0 Å². The van der Waals surface area contributed by atoms with Crippen molar-refractivity contribution in [2.45, 2.75) is 26.7 Å². The maximum absolute atomic E-state index is 6.06. The average Bonchev–Trinajstić information content (AvgIpc) is 2.39. The Morgan fingerprint density at radius 3 is 2.68 bits per heavy atom. The van der Waals surface area contributed by atoms with Crippen LogP contribution in [0.15, 0.2) is 59.3 Å². The summed E-state index contributed by atoms with van der Waals surface area (Å²) < 4.78 is 0. The van der Waals surface area contributed by atoms with Gasteiger partial charge >= 0.3 is 0 Å². The molecule has 0 amide bonds. The van der Waals surface area contributed by atoms with E-state index in [9.17, 15) is 0 Å². The van der Waals surface area contributed by atoms with E-state index in [4.69, 9.17) is 10.7 Å². The molecule has 0 atom stereocenters. The minimum absolute atomic E-state index is 0.917. The van der Waals surface area contributed by atoms with E-state index in [-0.39, 0.29) is 0 Å². The van der Waals surface area contributed by atoms with Crippen LogP contribution in [0, 0.1) is 0 Å². The summed E-state index contributed by atoms with van der Waals surface area (Å²) in [4.78, 5) is 4.72. The fourth-order valence-corrected chi connectivity index (χ4v) is 2.21. The summed E-state index contributed by atoms with van der Waals surface area (Å²) in [6.45, 7) is 8.01. The standard InChI is InChI=1S/C17H20N2/c1-12(2)14-8-5-7-11-17(14)19-13(3)15-9-4-6-10-16(15)18/h4-5,7-9,11H,1,6,10,18H2,2-3H3. The Labute approximate surface area is 115 Å². The van der Waals surface area contributed by atoms with E-state index in [0.717, 1.165) is 46.6 Å². The van der Waals surface area contributed by atoms with Crippen LogP contribution in [0.25, 0.3) is 5.57 Å². The third-order valence-corrected chi connectivity index (χ3v) is 3.25. The highest BCUT2D eigenvalue weighted by Crippen LogP contribution is 2.26. The van der Waals surface area contributed by atoms with Crippen molar-refractivity contribution in [2.24, 2.45) is 10.7 Å². The van der Waals surface area contributed by atoms with Crippen molar-refractivity contribution in [2.75, 3.05) is 0 Å². The molecule has 0 spiro atoms. The predicted octanol–water partition coefficient (Wildman–Crippen LogP) is 4.37. The first-order valence-corrected chi connectivity index (χ1v) is 6.55. The van der Waals surface area contributed by atoms with Crippen molar-refractivity contribution in [1.82, 2.24) is 0 Å².